The zero-order chi connectivity index (χ0) is 14.7. The van der Waals surface area contributed by atoms with E-state index < -0.39 is 6.04 Å². The minimum absolute atomic E-state index is 0.125. The molecule has 20 heavy (non-hydrogen) atoms. The van der Waals surface area contributed by atoms with E-state index in [2.05, 4.69) is 5.32 Å². The summed E-state index contributed by atoms with van der Waals surface area (Å²) in [5.74, 6) is 0.420. The molecule has 1 fully saturated rings. The first-order valence-corrected chi connectivity index (χ1v) is 6.91. The van der Waals surface area contributed by atoms with E-state index in [-0.39, 0.29) is 18.2 Å². The SMILES string of the molecule is CCOc1cc(C)ccc1NC1CC(=O)N(CC)C1=O. The van der Waals surface area contributed by atoms with Crippen LogP contribution in [0.1, 0.15) is 25.8 Å². The van der Waals surface area contributed by atoms with Crippen molar-refractivity contribution >= 4 is 17.5 Å². The van der Waals surface area contributed by atoms with Crippen LogP contribution in [-0.2, 0) is 9.59 Å². The number of hydrogen-bond acceptors (Lipinski definition) is 4. The Hall–Kier alpha value is -2.04. The molecule has 0 aromatic heterocycles. The van der Waals surface area contributed by atoms with Gasteiger partial charge in [0.25, 0.3) is 5.91 Å². The van der Waals surface area contributed by atoms with Gasteiger partial charge in [-0.1, -0.05) is 6.07 Å². The third-order valence-electron chi connectivity index (χ3n) is 3.33. The van der Waals surface area contributed by atoms with Crippen molar-refractivity contribution in [3.8, 4) is 5.75 Å². The van der Waals surface area contributed by atoms with Crippen molar-refractivity contribution in [1.29, 1.82) is 0 Å². The molecule has 1 aromatic carbocycles. The predicted octanol–water partition coefficient (Wildman–Crippen LogP) is 1.95. The first kappa shape index (κ1) is 14.4. The quantitative estimate of drug-likeness (QED) is 0.835. The van der Waals surface area contributed by atoms with Gasteiger partial charge in [0, 0.05) is 6.54 Å². The number of anilines is 1. The third kappa shape index (κ3) is 2.76. The molecule has 5 nitrogen and oxygen atoms in total. The molecule has 1 saturated heterocycles. The number of likely N-dealkylation sites (tertiary alicyclic amines) is 1. The average molecular weight is 276 g/mol. The first-order chi connectivity index (χ1) is 9.56. The number of hydrogen-bond donors (Lipinski definition) is 1. The van der Waals surface area contributed by atoms with Crippen molar-refractivity contribution in [2.45, 2.75) is 33.2 Å². The Kier molecular flexibility index (Phi) is 4.27. The zero-order valence-electron chi connectivity index (χ0n) is 12.1. The highest BCUT2D eigenvalue weighted by atomic mass is 16.5. The second kappa shape index (κ2) is 5.94. The highest BCUT2D eigenvalue weighted by Crippen LogP contribution is 2.28. The summed E-state index contributed by atoms with van der Waals surface area (Å²) in [6, 6.07) is 5.26. The molecule has 1 atom stereocenters. The van der Waals surface area contributed by atoms with E-state index in [1.165, 1.54) is 4.90 Å². The number of likely N-dealkylation sites (N-methyl/N-ethyl adjacent to an activating group) is 1. The molecule has 1 aliphatic heterocycles. The standard InChI is InChI=1S/C15H20N2O3/c1-4-17-14(18)9-12(15(17)19)16-11-7-6-10(3)8-13(11)20-5-2/h6-8,12,16H,4-5,9H2,1-3H3. The summed E-state index contributed by atoms with van der Waals surface area (Å²) in [6.45, 7) is 6.67. The Bertz CT molecular complexity index is 528. The molecule has 2 amide bonds. The number of carbonyl (C=O) groups excluding carboxylic acids is 2. The molecular formula is C15H20N2O3. The first-order valence-electron chi connectivity index (χ1n) is 6.91. The minimum Gasteiger partial charge on any atom is -0.492 e. The summed E-state index contributed by atoms with van der Waals surface area (Å²) in [7, 11) is 0. The minimum atomic E-state index is -0.496. The van der Waals surface area contributed by atoms with Crippen molar-refractivity contribution in [2.75, 3.05) is 18.5 Å². The maximum absolute atomic E-state index is 12.1. The largest absolute Gasteiger partial charge is 0.492 e. The van der Waals surface area contributed by atoms with E-state index in [1.54, 1.807) is 6.92 Å². The van der Waals surface area contributed by atoms with Crippen LogP contribution < -0.4 is 10.1 Å². The Morgan fingerprint density at radius 1 is 1.35 bits per heavy atom. The van der Waals surface area contributed by atoms with Gasteiger partial charge in [-0.2, -0.15) is 0 Å². The molecule has 1 unspecified atom stereocenters. The van der Waals surface area contributed by atoms with Crippen molar-refractivity contribution < 1.29 is 14.3 Å². The van der Waals surface area contributed by atoms with Crippen molar-refractivity contribution in [3.05, 3.63) is 23.8 Å². The molecule has 1 aliphatic rings. The molecule has 2 rings (SSSR count). The van der Waals surface area contributed by atoms with Crippen LogP contribution in [0.5, 0.6) is 5.75 Å². The Morgan fingerprint density at radius 2 is 2.10 bits per heavy atom. The number of ether oxygens (including phenoxy) is 1. The van der Waals surface area contributed by atoms with Crippen LogP contribution >= 0.6 is 0 Å². The van der Waals surface area contributed by atoms with Crippen LogP contribution in [0.4, 0.5) is 5.69 Å². The number of amides is 2. The lowest BCUT2D eigenvalue weighted by Gasteiger charge is -2.17. The molecule has 1 heterocycles. The topological polar surface area (TPSA) is 58.6 Å². The van der Waals surface area contributed by atoms with Gasteiger partial charge in [-0.25, -0.2) is 0 Å². The molecular weight excluding hydrogens is 256 g/mol. The fourth-order valence-electron chi connectivity index (χ4n) is 2.34. The van der Waals surface area contributed by atoms with Crippen LogP contribution in [-0.4, -0.2) is 35.9 Å². The highest BCUT2D eigenvalue weighted by Gasteiger charge is 2.37. The van der Waals surface area contributed by atoms with Crippen LogP contribution in [0.2, 0.25) is 0 Å². The lowest BCUT2D eigenvalue weighted by molar-refractivity contribution is -0.138. The lowest BCUT2D eigenvalue weighted by Crippen LogP contribution is -2.34. The molecule has 0 bridgehead atoms. The second-order valence-electron chi connectivity index (χ2n) is 4.81. The highest BCUT2D eigenvalue weighted by molar-refractivity contribution is 6.06. The summed E-state index contributed by atoms with van der Waals surface area (Å²) in [5, 5.41) is 3.13. The average Bonchev–Trinajstić information content (AvgIpc) is 2.67. The van der Waals surface area contributed by atoms with E-state index >= 15 is 0 Å². The van der Waals surface area contributed by atoms with Crippen LogP contribution in [0.25, 0.3) is 0 Å². The van der Waals surface area contributed by atoms with Gasteiger partial charge in [0.1, 0.15) is 11.8 Å². The Balaban J connectivity index is 2.18. The summed E-state index contributed by atoms with van der Waals surface area (Å²) in [5.41, 5.74) is 1.84. The lowest BCUT2D eigenvalue weighted by atomic mass is 10.1. The molecule has 108 valence electrons. The van der Waals surface area contributed by atoms with Gasteiger partial charge in [0.2, 0.25) is 5.91 Å². The van der Waals surface area contributed by atoms with Gasteiger partial charge >= 0.3 is 0 Å². The van der Waals surface area contributed by atoms with Crippen LogP contribution in [0.3, 0.4) is 0 Å². The predicted molar refractivity (Wildman–Crippen MR) is 76.8 cm³/mol. The summed E-state index contributed by atoms with van der Waals surface area (Å²) in [6.07, 6.45) is 0.201. The molecule has 0 spiro atoms. The number of benzene rings is 1. The second-order valence-corrected chi connectivity index (χ2v) is 4.81. The molecule has 1 N–H and O–H groups in total. The van der Waals surface area contributed by atoms with E-state index in [0.29, 0.717) is 18.9 Å². The number of imide groups is 1. The smallest absolute Gasteiger partial charge is 0.252 e. The van der Waals surface area contributed by atoms with E-state index in [1.807, 2.05) is 32.0 Å². The van der Waals surface area contributed by atoms with Crippen LogP contribution in [0.15, 0.2) is 18.2 Å². The molecule has 0 radical (unpaired) electrons. The maximum atomic E-state index is 12.1. The number of rotatable bonds is 5. The number of carbonyl (C=O) groups is 2. The van der Waals surface area contributed by atoms with E-state index in [9.17, 15) is 9.59 Å². The van der Waals surface area contributed by atoms with Crippen LogP contribution in [0, 0.1) is 6.92 Å². The summed E-state index contributed by atoms with van der Waals surface area (Å²) in [4.78, 5) is 25.1. The zero-order valence-corrected chi connectivity index (χ0v) is 12.1. The number of aryl methyl sites for hydroxylation is 1. The number of nitrogens with zero attached hydrogens (tertiary/aromatic N) is 1. The number of nitrogens with one attached hydrogen (secondary N) is 1. The van der Waals surface area contributed by atoms with Gasteiger partial charge in [0.05, 0.1) is 18.7 Å². The van der Waals surface area contributed by atoms with E-state index in [4.69, 9.17) is 4.74 Å². The summed E-state index contributed by atoms with van der Waals surface area (Å²) >= 11 is 0. The molecule has 0 aliphatic carbocycles. The van der Waals surface area contributed by atoms with Gasteiger partial charge < -0.3 is 10.1 Å². The monoisotopic (exact) mass is 276 g/mol. The summed E-state index contributed by atoms with van der Waals surface area (Å²) < 4.78 is 5.57. The van der Waals surface area contributed by atoms with Gasteiger partial charge in [-0.05, 0) is 38.5 Å². The molecule has 0 saturated carbocycles. The van der Waals surface area contributed by atoms with Gasteiger partial charge in [-0.15, -0.1) is 0 Å². The van der Waals surface area contributed by atoms with Gasteiger partial charge in [-0.3, -0.25) is 14.5 Å². The van der Waals surface area contributed by atoms with Crippen molar-refractivity contribution in [1.82, 2.24) is 4.90 Å². The third-order valence-corrected chi connectivity index (χ3v) is 3.33. The van der Waals surface area contributed by atoms with Crippen molar-refractivity contribution in [3.63, 3.8) is 0 Å². The fraction of sp³-hybridized carbons (Fsp3) is 0.467. The molecule has 5 heteroatoms. The van der Waals surface area contributed by atoms with E-state index in [0.717, 1.165) is 11.3 Å². The van der Waals surface area contributed by atoms with Gasteiger partial charge in [0.15, 0.2) is 0 Å². The fourth-order valence-corrected chi connectivity index (χ4v) is 2.34. The molecule has 1 aromatic rings. The van der Waals surface area contributed by atoms with Crippen molar-refractivity contribution in [2.24, 2.45) is 0 Å². The Morgan fingerprint density at radius 3 is 2.70 bits per heavy atom. The normalized spacial score (nSPS) is 18.6. The Labute approximate surface area is 118 Å². The maximum Gasteiger partial charge on any atom is 0.252 e.